The second kappa shape index (κ2) is 8.90. The molecule has 1 amide bonds. The van der Waals surface area contributed by atoms with Crippen LogP contribution in [0.25, 0.3) is 0 Å². The lowest BCUT2D eigenvalue weighted by Gasteiger charge is -2.21. The van der Waals surface area contributed by atoms with E-state index in [9.17, 15) is 9.18 Å². The standard InChI is InChI=1S/C20H21FN2O3S/c1-3-25-18-10-5-4-9-17(18)22-20-23(14(2)13-27-20)19(24)12-26-16-8-6-7-15(21)11-16/h4-11,14H,3,12-13H2,1-2H3/t14-/m1/s1. The van der Waals surface area contributed by atoms with Gasteiger partial charge in [-0.3, -0.25) is 9.69 Å². The predicted octanol–water partition coefficient (Wildman–Crippen LogP) is 4.25. The molecule has 1 aliphatic rings. The van der Waals surface area contributed by atoms with Crippen LogP contribution in [0.15, 0.2) is 53.5 Å². The van der Waals surface area contributed by atoms with Gasteiger partial charge in [-0.05, 0) is 38.1 Å². The average Bonchev–Trinajstić information content (AvgIpc) is 3.02. The first kappa shape index (κ1) is 19.2. The van der Waals surface area contributed by atoms with Gasteiger partial charge in [0.1, 0.15) is 23.0 Å². The fraction of sp³-hybridized carbons (Fsp3) is 0.300. The summed E-state index contributed by atoms with van der Waals surface area (Å²) in [7, 11) is 0. The Kier molecular flexibility index (Phi) is 6.34. The predicted molar refractivity (Wildman–Crippen MR) is 105 cm³/mol. The zero-order valence-corrected chi connectivity index (χ0v) is 16.0. The number of hydrogen-bond acceptors (Lipinski definition) is 5. The van der Waals surface area contributed by atoms with E-state index in [2.05, 4.69) is 4.99 Å². The summed E-state index contributed by atoms with van der Waals surface area (Å²) in [5.41, 5.74) is 0.680. The van der Waals surface area contributed by atoms with Gasteiger partial charge in [0.2, 0.25) is 0 Å². The molecule has 3 rings (SSSR count). The van der Waals surface area contributed by atoms with Crippen LogP contribution in [0.5, 0.6) is 11.5 Å². The Labute approximate surface area is 162 Å². The Hall–Kier alpha value is -2.54. The van der Waals surface area contributed by atoms with Crippen molar-refractivity contribution in [3.8, 4) is 11.5 Å². The molecule has 1 aliphatic heterocycles. The Morgan fingerprint density at radius 3 is 2.85 bits per heavy atom. The highest BCUT2D eigenvalue weighted by atomic mass is 32.2. The fourth-order valence-electron chi connectivity index (χ4n) is 2.67. The minimum Gasteiger partial charge on any atom is -0.492 e. The Bertz CT molecular complexity index is 843. The van der Waals surface area contributed by atoms with Crippen molar-refractivity contribution in [2.75, 3.05) is 19.0 Å². The van der Waals surface area contributed by atoms with Crippen molar-refractivity contribution in [1.29, 1.82) is 0 Å². The number of ether oxygens (including phenoxy) is 2. The zero-order valence-electron chi connectivity index (χ0n) is 15.2. The molecule has 142 valence electrons. The molecule has 0 unspecified atom stereocenters. The summed E-state index contributed by atoms with van der Waals surface area (Å²) in [4.78, 5) is 19.0. The molecule has 7 heteroatoms. The van der Waals surface area contributed by atoms with Crippen LogP contribution >= 0.6 is 11.8 Å². The Balaban J connectivity index is 1.75. The van der Waals surface area contributed by atoms with E-state index in [0.717, 1.165) is 5.75 Å². The number of amides is 1. The van der Waals surface area contributed by atoms with Crippen molar-refractivity contribution >= 4 is 28.5 Å². The maximum absolute atomic E-state index is 13.2. The number of aliphatic imine (C=N–C) groups is 1. The number of thioether (sulfide) groups is 1. The molecule has 2 aromatic rings. The quantitative estimate of drug-likeness (QED) is 0.742. The molecule has 0 radical (unpaired) electrons. The maximum Gasteiger partial charge on any atom is 0.266 e. The highest BCUT2D eigenvalue weighted by Gasteiger charge is 2.32. The van der Waals surface area contributed by atoms with E-state index < -0.39 is 5.82 Å². The lowest BCUT2D eigenvalue weighted by atomic mass is 10.3. The van der Waals surface area contributed by atoms with Crippen LogP contribution in [0.4, 0.5) is 10.1 Å². The summed E-state index contributed by atoms with van der Waals surface area (Å²) in [6.07, 6.45) is 0. The van der Waals surface area contributed by atoms with E-state index in [0.29, 0.717) is 29.0 Å². The normalized spacial score (nSPS) is 18.0. The van der Waals surface area contributed by atoms with E-state index in [1.807, 2.05) is 38.1 Å². The monoisotopic (exact) mass is 388 g/mol. The summed E-state index contributed by atoms with van der Waals surface area (Å²) in [6.45, 7) is 4.23. The highest BCUT2D eigenvalue weighted by Crippen LogP contribution is 2.32. The molecule has 0 aromatic heterocycles. The second-order valence-corrected chi connectivity index (χ2v) is 6.95. The molecule has 0 saturated carbocycles. The number of amidine groups is 1. The van der Waals surface area contributed by atoms with E-state index in [-0.39, 0.29) is 18.6 Å². The van der Waals surface area contributed by atoms with Crippen molar-refractivity contribution in [1.82, 2.24) is 4.90 Å². The van der Waals surface area contributed by atoms with Gasteiger partial charge in [0, 0.05) is 17.9 Å². The van der Waals surface area contributed by atoms with Gasteiger partial charge in [0.15, 0.2) is 11.8 Å². The number of benzene rings is 2. The topological polar surface area (TPSA) is 51.1 Å². The third-order valence-electron chi connectivity index (χ3n) is 3.91. The van der Waals surface area contributed by atoms with Gasteiger partial charge >= 0.3 is 0 Å². The number of rotatable bonds is 6. The number of halogens is 1. The Morgan fingerprint density at radius 2 is 2.07 bits per heavy atom. The van der Waals surface area contributed by atoms with Crippen LogP contribution in [-0.2, 0) is 4.79 Å². The van der Waals surface area contributed by atoms with Crippen molar-refractivity contribution in [3.05, 3.63) is 54.3 Å². The number of carbonyl (C=O) groups excluding carboxylic acids is 1. The smallest absolute Gasteiger partial charge is 0.266 e. The lowest BCUT2D eigenvalue weighted by molar-refractivity contribution is -0.130. The number of carbonyl (C=O) groups is 1. The van der Waals surface area contributed by atoms with Crippen LogP contribution < -0.4 is 9.47 Å². The average molecular weight is 388 g/mol. The van der Waals surface area contributed by atoms with E-state index in [1.165, 1.54) is 23.9 Å². The third-order valence-corrected chi connectivity index (χ3v) is 5.10. The van der Waals surface area contributed by atoms with Gasteiger partial charge in [-0.2, -0.15) is 0 Å². The lowest BCUT2D eigenvalue weighted by Crippen LogP contribution is -2.40. The first-order chi connectivity index (χ1) is 13.1. The number of nitrogens with zero attached hydrogens (tertiary/aromatic N) is 2. The minimum atomic E-state index is -0.403. The largest absolute Gasteiger partial charge is 0.492 e. The fourth-order valence-corrected chi connectivity index (χ4v) is 3.79. The molecule has 2 aromatic carbocycles. The molecular weight excluding hydrogens is 367 g/mol. The van der Waals surface area contributed by atoms with Crippen LogP contribution in [0.2, 0.25) is 0 Å². The van der Waals surface area contributed by atoms with Crippen molar-refractivity contribution in [3.63, 3.8) is 0 Å². The van der Waals surface area contributed by atoms with Gasteiger partial charge < -0.3 is 9.47 Å². The summed E-state index contributed by atoms with van der Waals surface area (Å²) >= 11 is 1.52. The van der Waals surface area contributed by atoms with Crippen LogP contribution in [-0.4, -0.2) is 41.0 Å². The van der Waals surface area contributed by atoms with E-state index in [1.54, 1.807) is 17.0 Å². The molecule has 0 spiro atoms. The van der Waals surface area contributed by atoms with Crippen LogP contribution in [0.3, 0.4) is 0 Å². The van der Waals surface area contributed by atoms with Crippen LogP contribution in [0, 0.1) is 5.82 Å². The Morgan fingerprint density at radius 1 is 1.26 bits per heavy atom. The number of para-hydroxylation sites is 2. The summed E-state index contributed by atoms with van der Waals surface area (Å²) < 4.78 is 24.3. The van der Waals surface area contributed by atoms with E-state index >= 15 is 0 Å². The molecule has 1 fully saturated rings. The van der Waals surface area contributed by atoms with E-state index in [4.69, 9.17) is 9.47 Å². The van der Waals surface area contributed by atoms with Crippen molar-refractivity contribution in [2.45, 2.75) is 19.9 Å². The molecule has 1 atom stereocenters. The van der Waals surface area contributed by atoms with Gasteiger partial charge in [0.05, 0.1) is 6.61 Å². The van der Waals surface area contributed by atoms with Gasteiger partial charge in [-0.25, -0.2) is 9.38 Å². The van der Waals surface area contributed by atoms with Gasteiger partial charge in [0.25, 0.3) is 5.91 Å². The maximum atomic E-state index is 13.2. The summed E-state index contributed by atoms with van der Waals surface area (Å²) in [5, 5.41) is 0.613. The second-order valence-electron chi connectivity index (χ2n) is 5.96. The molecule has 0 bridgehead atoms. The molecule has 27 heavy (non-hydrogen) atoms. The van der Waals surface area contributed by atoms with Crippen molar-refractivity contribution in [2.24, 2.45) is 4.99 Å². The first-order valence-corrected chi connectivity index (χ1v) is 9.70. The van der Waals surface area contributed by atoms with Gasteiger partial charge in [-0.15, -0.1) is 0 Å². The molecule has 0 aliphatic carbocycles. The first-order valence-electron chi connectivity index (χ1n) is 8.72. The van der Waals surface area contributed by atoms with Gasteiger partial charge in [-0.1, -0.05) is 30.0 Å². The SMILES string of the molecule is CCOc1ccccc1N=C1SC[C@@H](C)N1C(=O)COc1cccc(F)c1. The number of hydrogen-bond donors (Lipinski definition) is 0. The third kappa shape index (κ3) is 4.80. The summed E-state index contributed by atoms with van der Waals surface area (Å²) in [5.74, 6) is 1.13. The van der Waals surface area contributed by atoms with Crippen LogP contribution in [0.1, 0.15) is 13.8 Å². The molecule has 0 N–H and O–H groups in total. The molecule has 5 nitrogen and oxygen atoms in total. The minimum absolute atomic E-state index is 0.00313. The molecule has 1 heterocycles. The zero-order chi connectivity index (χ0) is 19.2. The molecular formula is C20H21FN2O3S. The highest BCUT2D eigenvalue weighted by molar-refractivity contribution is 8.14. The van der Waals surface area contributed by atoms with Crippen molar-refractivity contribution < 1.29 is 18.7 Å². The summed E-state index contributed by atoms with van der Waals surface area (Å²) in [6, 6.07) is 13.2. The molecule has 1 saturated heterocycles.